The number of benzene rings is 4. The van der Waals surface area contributed by atoms with Crippen LogP contribution in [0, 0.1) is 6.92 Å². The second-order valence-electron chi connectivity index (χ2n) is 10.4. The van der Waals surface area contributed by atoms with Crippen molar-refractivity contribution in [1.29, 1.82) is 0 Å². The number of aryl methyl sites for hydroxylation is 1. The summed E-state index contributed by atoms with van der Waals surface area (Å²) in [6.45, 7) is 7.53. The van der Waals surface area contributed by atoms with Gasteiger partial charge in [-0.1, -0.05) is 48.5 Å². The molecule has 6 nitrogen and oxygen atoms in total. The molecule has 4 aromatic carbocycles. The van der Waals surface area contributed by atoms with Crippen molar-refractivity contribution in [2.75, 3.05) is 10.6 Å². The number of nitrogens with zero attached hydrogens (tertiary/aromatic N) is 1. The summed E-state index contributed by atoms with van der Waals surface area (Å²) in [4.78, 5) is 12.3. The standard InChI is InChI=1S/C32H33NO5S/c1-23-21-27(17-20-30(23)25-15-18-29(19-16-25)37-28-9-7-6-8-10-28)33(39(5,35)36)22-24-11-13-26(14-12-24)31(34)38-32(2,3)4/h6-21H,22H2,1-5H3. The van der Waals surface area contributed by atoms with E-state index >= 15 is 0 Å². The first-order valence-corrected chi connectivity index (χ1v) is 14.5. The highest BCUT2D eigenvalue weighted by molar-refractivity contribution is 7.92. The van der Waals surface area contributed by atoms with Crippen LogP contribution in [0.2, 0.25) is 0 Å². The summed E-state index contributed by atoms with van der Waals surface area (Å²) in [6.07, 6.45) is 1.19. The number of carbonyl (C=O) groups is 1. The molecule has 0 radical (unpaired) electrons. The van der Waals surface area contributed by atoms with Gasteiger partial charge in [0.2, 0.25) is 10.0 Å². The van der Waals surface area contributed by atoms with Gasteiger partial charge in [0.15, 0.2) is 0 Å². The van der Waals surface area contributed by atoms with E-state index in [0.717, 1.165) is 33.8 Å². The van der Waals surface area contributed by atoms with E-state index in [4.69, 9.17) is 9.47 Å². The summed E-state index contributed by atoms with van der Waals surface area (Å²) < 4.78 is 38.2. The Hall–Kier alpha value is -4.10. The normalized spacial score (nSPS) is 11.6. The van der Waals surface area contributed by atoms with Crippen molar-refractivity contribution in [2.45, 2.75) is 39.8 Å². The minimum atomic E-state index is -3.57. The van der Waals surface area contributed by atoms with Crippen molar-refractivity contribution in [3.8, 4) is 22.6 Å². The van der Waals surface area contributed by atoms with Crippen LogP contribution >= 0.6 is 0 Å². The van der Waals surface area contributed by atoms with Crippen molar-refractivity contribution in [3.05, 3.63) is 114 Å². The average molecular weight is 544 g/mol. The molecule has 0 heterocycles. The van der Waals surface area contributed by atoms with Crippen molar-refractivity contribution >= 4 is 21.7 Å². The Labute approximate surface area is 230 Å². The second-order valence-corrected chi connectivity index (χ2v) is 12.3. The molecule has 0 atom stereocenters. The third-order valence-corrected chi connectivity index (χ3v) is 7.10. The lowest BCUT2D eigenvalue weighted by atomic mass is 10.00. The molecule has 0 aliphatic rings. The number of anilines is 1. The van der Waals surface area contributed by atoms with Gasteiger partial charge in [0.05, 0.1) is 24.1 Å². The molecule has 7 heteroatoms. The molecule has 0 aromatic heterocycles. The van der Waals surface area contributed by atoms with Crippen LogP contribution in [0.15, 0.2) is 97.1 Å². The monoisotopic (exact) mass is 543 g/mol. The molecular formula is C32H33NO5S. The minimum Gasteiger partial charge on any atom is -0.457 e. The molecule has 0 fully saturated rings. The maximum atomic E-state index is 12.8. The van der Waals surface area contributed by atoms with Gasteiger partial charge in [-0.15, -0.1) is 0 Å². The first-order valence-electron chi connectivity index (χ1n) is 12.6. The Kier molecular flexibility index (Phi) is 8.11. The van der Waals surface area contributed by atoms with Crippen molar-refractivity contribution < 1.29 is 22.7 Å². The number of ether oxygens (including phenoxy) is 2. The quantitative estimate of drug-likeness (QED) is 0.217. The third-order valence-electron chi connectivity index (χ3n) is 5.96. The van der Waals surface area contributed by atoms with Crippen LogP contribution < -0.4 is 9.04 Å². The summed E-state index contributed by atoms with van der Waals surface area (Å²) in [5, 5.41) is 0. The number of carbonyl (C=O) groups excluding carboxylic acids is 1. The van der Waals surface area contributed by atoms with Gasteiger partial charge in [0, 0.05) is 0 Å². The van der Waals surface area contributed by atoms with Gasteiger partial charge in [-0.2, -0.15) is 0 Å². The lowest BCUT2D eigenvalue weighted by molar-refractivity contribution is 0.00694. The van der Waals surface area contributed by atoms with Gasteiger partial charge in [-0.25, -0.2) is 13.2 Å². The number of esters is 1. The first-order chi connectivity index (χ1) is 18.4. The molecule has 39 heavy (non-hydrogen) atoms. The van der Waals surface area contributed by atoms with Crippen LogP contribution in [-0.4, -0.2) is 26.2 Å². The maximum absolute atomic E-state index is 12.8. The lowest BCUT2D eigenvalue weighted by Gasteiger charge is -2.24. The molecule has 0 spiro atoms. The summed E-state index contributed by atoms with van der Waals surface area (Å²) in [5.74, 6) is 1.09. The van der Waals surface area contributed by atoms with Gasteiger partial charge in [0.25, 0.3) is 0 Å². The first kappa shape index (κ1) is 27.9. The van der Waals surface area contributed by atoms with Crippen molar-refractivity contribution in [2.24, 2.45) is 0 Å². The highest BCUT2D eigenvalue weighted by atomic mass is 32.2. The molecule has 0 aliphatic carbocycles. The Morgan fingerprint density at radius 1 is 0.821 bits per heavy atom. The fourth-order valence-electron chi connectivity index (χ4n) is 4.10. The Morgan fingerprint density at radius 2 is 1.44 bits per heavy atom. The van der Waals surface area contributed by atoms with E-state index in [9.17, 15) is 13.2 Å². The van der Waals surface area contributed by atoms with Crippen molar-refractivity contribution in [3.63, 3.8) is 0 Å². The van der Waals surface area contributed by atoms with Crippen LogP contribution in [0.1, 0.15) is 42.3 Å². The number of hydrogen-bond donors (Lipinski definition) is 0. The highest BCUT2D eigenvalue weighted by Gasteiger charge is 2.21. The highest BCUT2D eigenvalue weighted by Crippen LogP contribution is 2.31. The molecular weight excluding hydrogens is 510 g/mol. The molecule has 4 aromatic rings. The lowest BCUT2D eigenvalue weighted by Crippen LogP contribution is -2.29. The number of para-hydroxylation sites is 1. The molecule has 4 rings (SSSR count). The molecule has 0 saturated heterocycles. The van der Waals surface area contributed by atoms with Crippen LogP contribution in [0.5, 0.6) is 11.5 Å². The predicted octanol–water partition coefficient (Wildman–Crippen LogP) is 7.38. The Bertz CT molecular complexity index is 1540. The fourth-order valence-corrected chi connectivity index (χ4v) is 4.98. The second kappa shape index (κ2) is 11.3. The Balaban J connectivity index is 1.52. The van der Waals surface area contributed by atoms with Gasteiger partial charge in [-0.05, 0) is 98.5 Å². The maximum Gasteiger partial charge on any atom is 0.338 e. The van der Waals surface area contributed by atoms with E-state index in [-0.39, 0.29) is 6.54 Å². The van der Waals surface area contributed by atoms with Crippen LogP contribution in [0.3, 0.4) is 0 Å². The smallest absolute Gasteiger partial charge is 0.338 e. The van der Waals surface area contributed by atoms with Crippen LogP contribution in [0.4, 0.5) is 5.69 Å². The van der Waals surface area contributed by atoms with E-state index in [1.807, 2.05) is 100 Å². The molecule has 0 saturated carbocycles. The zero-order valence-corrected chi connectivity index (χ0v) is 23.7. The van der Waals surface area contributed by atoms with Crippen LogP contribution in [0.25, 0.3) is 11.1 Å². The summed E-state index contributed by atoms with van der Waals surface area (Å²) in [7, 11) is -3.57. The predicted molar refractivity (Wildman–Crippen MR) is 156 cm³/mol. The largest absolute Gasteiger partial charge is 0.457 e. The topological polar surface area (TPSA) is 72.9 Å². The average Bonchev–Trinajstić information content (AvgIpc) is 2.87. The van der Waals surface area contributed by atoms with Gasteiger partial charge >= 0.3 is 5.97 Å². The molecule has 0 amide bonds. The Morgan fingerprint density at radius 3 is 2.00 bits per heavy atom. The van der Waals surface area contributed by atoms with Gasteiger partial charge in [-0.3, -0.25) is 4.31 Å². The SMILES string of the molecule is Cc1cc(N(Cc2ccc(C(=O)OC(C)(C)C)cc2)S(C)(=O)=O)ccc1-c1ccc(Oc2ccccc2)cc1. The number of hydrogen-bond acceptors (Lipinski definition) is 5. The van der Waals surface area contributed by atoms with E-state index in [1.54, 1.807) is 24.3 Å². The third kappa shape index (κ3) is 7.48. The summed E-state index contributed by atoms with van der Waals surface area (Å²) >= 11 is 0. The van der Waals surface area contributed by atoms with E-state index in [2.05, 4.69) is 0 Å². The summed E-state index contributed by atoms with van der Waals surface area (Å²) in [5.41, 5.74) is 4.09. The van der Waals surface area contributed by atoms with Gasteiger partial charge in [0.1, 0.15) is 17.1 Å². The van der Waals surface area contributed by atoms with E-state index in [1.165, 1.54) is 10.6 Å². The van der Waals surface area contributed by atoms with Crippen LogP contribution in [-0.2, 0) is 21.3 Å². The number of rotatable bonds is 8. The van der Waals surface area contributed by atoms with Gasteiger partial charge < -0.3 is 9.47 Å². The molecule has 0 N–H and O–H groups in total. The summed E-state index contributed by atoms with van der Waals surface area (Å²) in [6, 6.07) is 29.8. The molecule has 0 unspecified atom stereocenters. The van der Waals surface area contributed by atoms with E-state index in [0.29, 0.717) is 11.3 Å². The molecule has 202 valence electrons. The van der Waals surface area contributed by atoms with E-state index < -0.39 is 21.6 Å². The minimum absolute atomic E-state index is 0.137. The van der Waals surface area contributed by atoms with Crippen molar-refractivity contribution in [1.82, 2.24) is 0 Å². The fraction of sp³-hybridized carbons (Fsp3) is 0.219. The zero-order valence-electron chi connectivity index (χ0n) is 22.8. The molecule has 0 bridgehead atoms. The zero-order chi connectivity index (χ0) is 28.2. The molecule has 0 aliphatic heterocycles. The number of sulfonamides is 1.